The average Bonchev–Trinajstić information content (AvgIpc) is 3.01. The number of hydrogen-bond acceptors (Lipinski definition) is 5. The first-order valence-corrected chi connectivity index (χ1v) is 6.95. The number of aromatic nitrogens is 5. The molecule has 0 aromatic carbocycles. The second-order valence-electron chi connectivity index (χ2n) is 4.97. The van der Waals surface area contributed by atoms with Crippen molar-refractivity contribution in [1.82, 2.24) is 30.1 Å². The number of nitrogens with zero attached hydrogens (tertiary/aromatic N) is 5. The molecular weight excluding hydrogens is 270 g/mol. The van der Waals surface area contributed by atoms with Gasteiger partial charge in [0.1, 0.15) is 6.54 Å². The molecule has 0 radical (unpaired) electrons. The van der Waals surface area contributed by atoms with Crippen molar-refractivity contribution in [1.29, 1.82) is 0 Å². The Morgan fingerprint density at radius 3 is 2.86 bits per heavy atom. The normalized spacial score (nSPS) is 10.8. The molecule has 3 N–H and O–H groups in total. The summed E-state index contributed by atoms with van der Waals surface area (Å²) in [5, 5.41) is 14.9. The highest BCUT2D eigenvalue weighted by Gasteiger charge is 2.05. The van der Waals surface area contributed by atoms with Crippen LogP contribution in [0.25, 0.3) is 0 Å². The van der Waals surface area contributed by atoms with Gasteiger partial charge in [0.25, 0.3) is 0 Å². The van der Waals surface area contributed by atoms with Gasteiger partial charge >= 0.3 is 0 Å². The Balaban J connectivity index is 1.68. The Bertz CT molecular complexity index is 601. The topological polar surface area (TPSA) is 104 Å². The lowest BCUT2D eigenvalue weighted by Gasteiger charge is -2.06. The zero-order valence-corrected chi connectivity index (χ0v) is 12.4. The highest BCUT2D eigenvalue weighted by atomic mass is 16.2. The minimum Gasteiger partial charge on any atom is -0.354 e. The first kappa shape index (κ1) is 15.2. The van der Waals surface area contributed by atoms with Crippen molar-refractivity contribution in [3.8, 4) is 0 Å². The molecule has 0 aliphatic heterocycles. The quantitative estimate of drug-likeness (QED) is 0.685. The van der Waals surface area contributed by atoms with Crippen molar-refractivity contribution >= 4 is 5.91 Å². The van der Waals surface area contributed by atoms with Crippen molar-refractivity contribution in [3.63, 3.8) is 0 Å². The molecule has 8 heteroatoms. The number of hydrogen-bond donors (Lipinski definition) is 2. The Labute approximate surface area is 123 Å². The van der Waals surface area contributed by atoms with Crippen LogP contribution in [0.4, 0.5) is 0 Å². The standard InChI is InChI=1S/C13H21N7O/c1-10-6-11(2)20(17-10)5-3-4-15-13(21)9-19-8-12(7-14)16-18-19/h6,8H,3-5,7,9,14H2,1-2H3,(H,15,21). The van der Waals surface area contributed by atoms with Gasteiger partial charge in [0, 0.05) is 25.3 Å². The largest absolute Gasteiger partial charge is 0.354 e. The van der Waals surface area contributed by atoms with E-state index in [-0.39, 0.29) is 12.5 Å². The van der Waals surface area contributed by atoms with Gasteiger partial charge < -0.3 is 11.1 Å². The second-order valence-corrected chi connectivity index (χ2v) is 4.97. The van der Waals surface area contributed by atoms with Crippen LogP contribution in [-0.4, -0.2) is 37.2 Å². The number of nitrogens with two attached hydrogens (primary N) is 1. The maximum Gasteiger partial charge on any atom is 0.241 e. The Morgan fingerprint density at radius 2 is 2.24 bits per heavy atom. The summed E-state index contributed by atoms with van der Waals surface area (Å²) in [6.45, 7) is 5.88. The van der Waals surface area contributed by atoms with Crippen molar-refractivity contribution < 1.29 is 4.79 Å². The van der Waals surface area contributed by atoms with Crippen LogP contribution in [0, 0.1) is 13.8 Å². The summed E-state index contributed by atoms with van der Waals surface area (Å²) >= 11 is 0. The fraction of sp³-hybridized carbons (Fsp3) is 0.538. The van der Waals surface area contributed by atoms with E-state index in [1.54, 1.807) is 6.20 Å². The third-order valence-electron chi connectivity index (χ3n) is 3.07. The highest BCUT2D eigenvalue weighted by Crippen LogP contribution is 2.02. The Kier molecular flexibility index (Phi) is 5.04. The van der Waals surface area contributed by atoms with E-state index < -0.39 is 0 Å². The molecule has 8 nitrogen and oxygen atoms in total. The van der Waals surface area contributed by atoms with Crippen LogP contribution in [0.1, 0.15) is 23.5 Å². The van der Waals surface area contributed by atoms with E-state index in [0.717, 1.165) is 24.4 Å². The third kappa shape index (κ3) is 4.38. The van der Waals surface area contributed by atoms with Crippen LogP contribution in [0.15, 0.2) is 12.3 Å². The molecule has 0 fully saturated rings. The number of carbonyl (C=O) groups is 1. The van der Waals surface area contributed by atoms with E-state index in [1.165, 1.54) is 4.68 Å². The molecule has 2 aromatic heterocycles. The molecule has 1 amide bonds. The molecule has 2 heterocycles. The van der Waals surface area contributed by atoms with E-state index >= 15 is 0 Å². The molecule has 2 aromatic rings. The van der Waals surface area contributed by atoms with Crippen LogP contribution in [0.2, 0.25) is 0 Å². The van der Waals surface area contributed by atoms with Crippen LogP contribution in [0.3, 0.4) is 0 Å². The zero-order valence-electron chi connectivity index (χ0n) is 12.4. The SMILES string of the molecule is Cc1cc(C)n(CCCNC(=O)Cn2cc(CN)nn2)n1. The summed E-state index contributed by atoms with van der Waals surface area (Å²) in [6.07, 6.45) is 2.51. The first-order chi connectivity index (χ1) is 10.1. The van der Waals surface area contributed by atoms with Crippen molar-refractivity contribution in [2.75, 3.05) is 6.54 Å². The number of carbonyl (C=O) groups excluding carboxylic acids is 1. The zero-order chi connectivity index (χ0) is 15.2. The van der Waals surface area contributed by atoms with Crippen LogP contribution in [-0.2, 0) is 24.4 Å². The van der Waals surface area contributed by atoms with Crippen molar-refractivity contribution in [3.05, 3.63) is 29.3 Å². The molecule has 0 bridgehead atoms. The van der Waals surface area contributed by atoms with Gasteiger partial charge in [0.2, 0.25) is 5.91 Å². The Hall–Kier alpha value is -2.22. The summed E-state index contributed by atoms with van der Waals surface area (Å²) in [4.78, 5) is 11.7. The molecule has 0 aliphatic rings. The first-order valence-electron chi connectivity index (χ1n) is 6.95. The van der Waals surface area contributed by atoms with Gasteiger partial charge in [-0.1, -0.05) is 5.21 Å². The lowest BCUT2D eigenvalue weighted by Crippen LogP contribution is -2.29. The van der Waals surface area contributed by atoms with E-state index in [1.807, 2.05) is 24.6 Å². The van der Waals surface area contributed by atoms with Gasteiger partial charge in [-0.3, -0.25) is 9.48 Å². The van der Waals surface area contributed by atoms with Crippen LogP contribution in [0.5, 0.6) is 0 Å². The molecule has 0 atom stereocenters. The molecule has 0 aliphatic carbocycles. The molecule has 114 valence electrons. The summed E-state index contributed by atoms with van der Waals surface area (Å²) in [5.74, 6) is -0.0863. The summed E-state index contributed by atoms with van der Waals surface area (Å²) in [6, 6.07) is 2.04. The van der Waals surface area contributed by atoms with Crippen LogP contribution < -0.4 is 11.1 Å². The minimum absolute atomic E-state index is 0.0863. The minimum atomic E-state index is -0.0863. The maximum absolute atomic E-state index is 11.7. The lowest BCUT2D eigenvalue weighted by atomic mass is 10.4. The number of aryl methyl sites for hydroxylation is 3. The van der Waals surface area contributed by atoms with Gasteiger partial charge in [-0.2, -0.15) is 5.10 Å². The van der Waals surface area contributed by atoms with E-state index in [0.29, 0.717) is 18.8 Å². The summed E-state index contributed by atoms with van der Waals surface area (Å²) in [7, 11) is 0. The van der Waals surface area contributed by atoms with Crippen molar-refractivity contribution in [2.24, 2.45) is 5.73 Å². The van der Waals surface area contributed by atoms with Gasteiger partial charge in [0.15, 0.2) is 0 Å². The summed E-state index contributed by atoms with van der Waals surface area (Å²) in [5.41, 5.74) is 8.26. The molecule has 2 rings (SSSR count). The molecule has 0 unspecified atom stereocenters. The molecule has 0 spiro atoms. The number of nitrogens with one attached hydrogen (secondary N) is 1. The predicted molar refractivity (Wildman–Crippen MR) is 77.2 cm³/mol. The monoisotopic (exact) mass is 291 g/mol. The second kappa shape index (κ2) is 6.98. The average molecular weight is 291 g/mol. The fourth-order valence-corrected chi connectivity index (χ4v) is 2.07. The fourth-order valence-electron chi connectivity index (χ4n) is 2.07. The maximum atomic E-state index is 11.7. The predicted octanol–water partition coefficient (Wildman–Crippen LogP) is -0.243. The third-order valence-corrected chi connectivity index (χ3v) is 3.07. The van der Waals surface area contributed by atoms with Crippen LogP contribution >= 0.6 is 0 Å². The number of amides is 1. The highest BCUT2D eigenvalue weighted by molar-refractivity contribution is 5.75. The molecule has 0 saturated carbocycles. The number of rotatable bonds is 7. The lowest BCUT2D eigenvalue weighted by molar-refractivity contribution is -0.121. The van der Waals surface area contributed by atoms with Crippen molar-refractivity contribution in [2.45, 2.75) is 39.9 Å². The smallest absolute Gasteiger partial charge is 0.241 e. The Morgan fingerprint density at radius 1 is 1.43 bits per heavy atom. The molecular formula is C13H21N7O. The van der Waals surface area contributed by atoms with Gasteiger partial charge in [-0.15, -0.1) is 5.10 Å². The molecule has 0 saturated heterocycles. The van der Waals surface area contributed by atoms with E-state index in [4.69, 9.17) is 5.73 Å². The van der Waals surface area contributed by atoms with Gasteiger partial charge in [-0.25, -0.2) is 4.68 Å². The summed E-state index contributed by atoms with van der Waals surface area (Å²) < 4.78 is 3.44. The molecule has 21 heavy (non-hydrogen) atoms. The van der Waals surface area contributed by atoms with Gasteiger partial charge in [0.05, 0.1) is 17.6 Å². The van der Waals surface area contributed by atoms with Gasteiger partial charge in [-0.05, 0) is 26.3 Å². The van der Waals surface area contributed by atoms with E-state index in [2.05, 4.69) is 20.7 Å². The van der Waals surface area contributed by atoms with E-state index in [9.17, 15) is 4.79 Å².